The minimum Gasteiger partial charge on any atom is -0.449 e. The zero-order chi connectivity index (χ0) is 15.1. The normalized spacial score (nSPS) is 24.1. The van der Waals surface area contributed by atoms with Crippen LogP contribution in [0.3, 0.4) is 0 Å². The topological polar surface area (TPSA) is 67.4 Å². The molecule has 116 valence electrons. The maximum absolute atomic E-state index is 12.0. The van der Waals surface area contributed by atoms with Crippen molar-refractivity contribution in [1.29, 1.82) is 0 Å². The number of rotatable bonds is 5. The minimum atomic E-state index is -0.566. The molecule has 0 bridgehead atoms. The van der Waals surface area contributed by atoms with Crippen molar-refractivity contribution >= 4 is 12.0 Å². The van der Waals surface area contributed by atoms with E-state index in [0.717, 1.165) is 19.3 Å². The zero-order valence-electron chi connectivity index (χ0n) is 13.1. The van der Waals surface area contributed by atoms with Crippen LogP contribution >= 0.6 is 0 Å². The van der Waals surface area contributed by atoms with Crippen molar-refractivity contribution in [2.45, 2.75) is 65.5 Å². The predicted molar refractivity (Wildman–Crippen MR) is 78.3 cm³/mol. The van der Waals surface area contributed by atoms with Crippen molar-refractivity contribution in [3.8, 4) is 0 Å². The van der Waals surface area contributed by atoms with Crippen LogP contribution in [0.5, 0.6) is 0 Å². The van der Waals surface area contributed by atoms with Crippen LogP contribution in [-0.2, 0) is 9.53 Å². The molecule has 0 spiro atoms. The molecule has 0 heterocycles. The van der Waals surface area contributed by atoms with E-state index < -0.39 is 12.1 Å². The first kappa shape index (κ1) is 16.8. The summed E-state index contributed by atoms with van der Waals surface area (Å²) in [5.41, 5.74) is 0. The van der Waals surface area contributed by atoms with Crippen molar-refractivity contribution in [2.75, 3.05) is 6.61 Å². The first-order valence-electron chi connectivity index (χ1n) is 7.63. The van der Waals surface area contributed by atoms with Gasteiger partial charge >= 0.3 is 6.09 Å². The van der Waals surface area contributed by atoms with Gasteiger partial charge in [0.25, 0.3) is 0 Å². The summed E-state index contributed by atoms with van der Waals surface area (Å²) in [4.78, 5) is 23.6. The lowest BCUT2D eigenvalue weighted by atomic mass is 9.86. The Hall–Kier alpha value is -1.26. The van der Waals surface area contributed by atoms with Gasteiger partial charge in [-0.2, -0.15) is 0 Å². The number of hydrogen-bond acceptors (Lipinski definition) is 3. The summed E-state index contributed by atoms with van der Waals surface area (Å²) in [7, 11) is 0. The molecule has 2 unspecified atom stereocenters. The predicted octanol–water partition coefficient (Wildman–Crippen LogP) is 2.45. The Labute approximate surface area is 121 Å². The highest BCUT2D eigenvalue weighted by molar-refractivity contribution is 5.85. The van der Waals surface area contributed by atoms with Crippen LogP contribution in [0.1, 0.15) is 53.4 Å². The van der Waals surface area contributed by atoms with Gasteiger partial charge in [0, 0.05) is 6.04 Å². The van der Waals surface area contributed by atoms with Crippen molar-refractivity contribution in [1.82, 2.24) is 10.6 Å². The quantitative estimate of drug-likeness (QED) is 0.815. The minimum absolute atomic E-state index is 0.134. The standard InChI is InChI=1S/C15H28N2O3/c1-10(2)9-20-15(19)16-12(4)14(18)17-13-8-6-5-7-11(13)3/h10-13H,5-9H2,1-4H3,(H,16,19)(H,17,18)/t11?,12-,13?/m0/s1. The Bertz CT molecular complexity index is 331. The SMILES string of the molecule is CC(C)COC(=O)N[C@@H](C)C(=O)NC1CCCCC1C. The lowest BCUT2D eigenvalue weighted by molar-refractivity contribution is -0.124. The number of ether oxygens (including phenoxy) is 1. The van der Waals surface area contributed by atoms with Gasteiger partial charge in [0.1, 0.15) is 6.04 Å². The number of alkyl carbamates (subject to hydrolysis) is 1. The van der Waals surface area contributed by atoms with Gasteiger partial charge in [0.2, 0.25) is 5.91 Å². The van der Waals surface area contributed by atoms with Gasteiger partial charge in [-0.1, -0.05) is 33.6 Å². The molecule has 0 aromatic carbocycles. The molecule has 2 amide bonds. The molecule has 1 aliphatic rings. The van der Waals surface area contributed by atoms with E-state index in [1.807, 2.05) is 13.8 Å². The van der Waals surface area contributed by atoms with Crippen molar-refractivity contribution in [3.05, 3.63) is 0 Å². The Morgan fingerprint density at radius 2 is 1.85 bits per heavy atom. The van der Waals surface area contributed by atoms with Crippen LogP contribution in [0.4, 0.5) is 4.79 Å². The van der Waals surface area contributed by atoms with E-state index in [2.05, 4.69) is 17.6 Å². The van der Waals surface area contributed by atoms with E-state index in [9.17, 15) is 9.59 Å². The van der Waals surface area contributed by atoms with Crippen molar-refractivity contribution in [3.63, 3.8) is 0 Å². The van der Waals surface area contributed by atoms with E-state index in [4.69, 9.17) is 4.74 Å². The number of amides is 2. The third-order valence-corrected chi connectivity index (χ3v) is 3.71. The molecule has 0 aromatic heterocycles. The summed E-state index contributed by atoms with van der Waals surface area (Å²) in [6, 6.07) is -0.337. The molecular formula is C15H28N2O3. The van der Waals surface area contributed by atoms with Crippen LogP contribution in [0.15, 0.2) is 0 Å². The summed E-state index contributed by atoms with van der Waals surface area (Å²) in [6.07, 6.45) is 4.05. The molecule has 20 heavy (non-hydrogen) atoms. The second-order valence-electron chi connectivity index (χ2n) is 6.24. The highest BCUT2D eigenvalue weighted by Gasteiger charge is 2.25. The van der Waals surface area contributed by atoms with Gasteiger partial charge in [-0.05, 0) is 31.6 Å². The highest BCUT2D eigenvalue weighted by atomic mass is 16.5. The molecule has 0 saturated heterocycles. The molecule has 3 atom stereocenters. The zero-order valence-corrected chi connectivity index (χ0v) is 13.1. The molecule has 2 N–H and O–H groups in total. The monoisotopic (exact) mass is 284 g/mol. The number of carbonyl (C=O) groups excluding carboxylic acids is 2. The van der Waals surface area contributed by atoms with Gasteiger partial charge in [0.05, 0.1) is 6.61 Å². The van der Waals surface area contributed by atoms with E-state index in [0.29, 0.717) is 12.5 Å². The van der Waals surface area contributed by atoms with E-state index in [1.54, 1.807) is 6.92 Å². The van der Waals surface area contributed by atoms with Crippen LogP contribution in [0, 0.1) is 11.8 Å². The Kier molecular flexibility index (Phi) is 6.82. The summed E-state index contributed by atoms with van der Waals surface area (Å²) < 4.78 is 5.01. The molecule has 1 rings (SSSR count). The van der Waals surface area contributed by atoms with Crippen LogP contribution < -0.4 is 10.6 Å². The van der Waals surface area contributed by atoms with Crippen molar-refractivity contribution < 1.29 is 14.3 Å². The molecule has 0 aromatic rings. The summed E-state index contributed by atoms with van der Waals surface area (Å²) >= 11 is 0. The average Bonchev–Trinajstić information content (AvgIpc) is 2.39. The lowest BCUT2D eigenvalue weighted by Gasteiger charge is -2.30. The molecule has 5 nitrogen and oxygen atoms in total. The van der Waals surface area contributed by atoms with Crippen LogP contribution in [-0.4, -0.2) is 30.7 Å². The Morgan fingerprint density at radius 1 is 1.20 bits per heavy atom. The highest BCUT2D eigenvalue weighted by Crippen LogP contribution is 2.23. The molecule has 0 radical (unpaired) electrons. The molecule has 1 saturated carbocycles. The molecule has 5 heteroatoms. The summed E-state index contributed by atoms with van der Waals surface area (Å²) in [5.74, 6) is 0.658. The molecule has 1 aliphatic carbocycles. The van der Waals surface area contributed by atoms with Gasteiger partial charge in [-0.25, -0.2) is 4.79 Å². The van der Waals surface area contributed by atoms with Crippen molar-refractivity contribution in [2.24, 2.45) is 11.8 Å². The number of nitrogens with one attached hydrogen (secondary N) is 2. The smallest absolute Gasteiger partial charge is 0.407 e. The van der Waals surface area contributed by atoms with Gasteiger partial charge in [-0.3, -0.25) is 4.79 Å². The van der Waals surface area contributed by atoms with E-state index in [1.165, 1.54) is 6.42 Å². The Morgan fingerprint density at radius 3 is 2.45 bits per heavy atom. The second kappa shape index (κ2) is 8.12. The summed E-state index contributed by atoms with van der Waals surface area (Å²) in [6.45, 7) is 8.14. The maximum atomic E-state index is 12.0. The fourth-order valence-corrected chi connectivity index (χ4v) is 2.36. The van der Waals surface area contributed by atoms with Crippen LogP contribution in [0.2, 0.25) is 0 Å². The summed E-state index contributed by atoms with van der Waals surface area (Å²) in [5, 5.41) is 5.60. The first-order chi connectivity index (χ1) is 9.40. The van der Waals surface area contributed by atoms with Crippen LogP contribution in [0.25, 0.3) is 0 Å². The Balaban J connectivity index is 2.32. The lowest BCUT2D eigenvalue weighted by Crippen LogP contribution is -2.50. The number of hydrogen-bond donors (Lipinski definition) is 2. The average molecular weight is 284 g/mol. The first-order valence-corrected chi connectivity index (χ1v) is 7.63. The van der Waals surface area contributed by atoms with Gasteiger partial charge < -0.3 is 15.4 Å². The third kappa shape index (κ3) is 5.80. The molecular weight excluding hydrogens is 256 g/mol. The van der Waals surface area contributed by atoms with Gasteiger partial charge in [-0.15, -0.1) is 0 Å². The molecule has 1 fully saturated rings. The fraction of sp³-hybridized carbons (Fsp3) is 0.867. The van der Waals surface area contributed by atoms with E-state index in [-0.39, 0.29) is 17.9 Å². The van der Waals surface area contributed by atoms with E-state index >= 15 is 0 Å². The largest absolute Gasteiger partial charge is 0.449 e. The maximum Gasteiger partial charge on any atom is 0.407 e. The van der Waals surface area contributed by atoms with Gasteiger partial charge in [0.15, 0.2) is 0 Å². The fourth-order valence-electron chi connectivity index (χ4n) is 2.36. The second-order valence-corrected chi connectivity index (χ2v) is 6.24. The molecule has 0 aliphatic heterocycles. The third-order valence-electron chi connectivity index (χ3n) is 3.71. The number of carbonyl (C=O) groups is 2.